The van der Waals surface area contributed by atoms with Crippen molar-refractivity contribution in [2.24, 2.45) is 0 Å². The van der Waals surface area contributed by atoms with Crippen LogP contribution in [0.25, 0.3) is 0 Å². The Morgan fingerprint density at radius 3 is 2.61 bits per heavy atom. The quantitative estimate of drug-likeness (QED) is 0.645. The summed E-state index contributed by atoms with van der Waals surface area (Å²) in [5.41, 5.74) is 0. The number of hydrogen-bond donors (Lipinski definition) is 1. The highest BCUT2D eigenvalue weighted by atomic mass is 32.2. The zero-order chi connectivity index (χ0) is 13.0. The van der Waals surface area contributed by atoms with Crippen LogP contribution >= 0.6 is 11.8 Å². The number of benzene rings is 1. The largest absolute Gasteiger partial charge is 0.497 e. The summed E-state index contributed by atoms with van der Waals surface area (Å²) in [6, 6.07) is 7.38. The van der Waals surface area contributed by atoms with Crippen LogP contribution in [-0.4, -0.2) is 42.8 Å². The molecule has 1 aliphatic heterocycles. The molecule has 0 atom stereocenters. The zero-order valence-electron chi connectivity index (χ0n) is 10.0. The van der Waals surface area contributed by atoms with Crippen molar-refractivity contribution >= 4 is 23.7 Å². The van der Waals surface area contributed by atoms with Gasteiger partial charge in [0.05, 0.1) is 13.7 Å². The van der Waals surface area contributed by atoms with Gasteiger partial charge in [-0.15, -0.1) is 11.8 Å². The first kappa shape index (κ1) is 12.8. The van der Waals surface area contributed by atoms with Crippen LogP contribution in [-0.2, 0) is 4.79 Å². The summed E-state index contributed by atoms with van der Waals surface area (Å²) in [4.78, 5) is 24.9. The van der Waals surface area contributed by atoms with Crippen LogP contribution in [0.15, 0.2) is 29.2 Å². The highest BCUT2D eigenvalue weighted by Gasteiger charge is 2.27. The molecule has 0 unspecified atom stereocenters. The van der Waals surface area contributed by atoms with E-state index in [0.717, 1.165) is 10.6 Å². The maximum atomic E-state index is 11.3. The van der Waals surface area contributed by atoms with Crippen molar-refractivity contribution in [2.45, 2.75) is 4.90 Å². The van der Waals surface area contributed by atoms with Gasteiger partial charge < -0.3 is 10.1 Å². The molecule has 1 aromatic rings. The second kappa shape index (κ2) is 5.77. The fourth-order valence-corrected chi connectivity index (χ4v) is 2.45. The SMILES string of the molecule is COc1ccc(SCCN2C(=O)CNC2=O)cc1. The Hall–Kier alpha value is -1.69. The number of carbonyl (C=O) groups is 2. The first-order chi connectivity index (χ1) is 8.70. The van der Waals surface area contributed by atoms with E-state index >= 15 is 0 Å². The number of amides is 3. The third kappa shape index (κ3) is 2.95. The molecule has 96 valence electrons. The Bertz CT molecular complexity index is 431. The van der Waals surface area contributed by atoms with Crippen molar-refractivity contribution in [2.75, 3.05) is 26.0 Å². The second-order valence-electron chi connectivity index (χ2n) is 3.73. The van der Waals surface area contributed by atoms with E-state index in [1.807, 2.05) is 24.3 Å². The van der Waals surface area contributed by atoms with E-state index in [9.17, 15) is 9.59 Å². The van der Waals surface area contributed by atoms with Gasteiger partial charge in [-0.1, -0.05) is 0 Å². The minimum atomic E-state index is -0.296. The Balaban J connectivity index is 1.81. The smallest absolute Gasteiger partial charge is 0.324 e. The van der Waals surface area contributed by atoms with Gasteiger partial charge in [0.15, 0.2) is 0 Å². The lowest BCUT2D eigenvalue weighted by Crippen LogP contribution is -2.32. The highest BCUT2D eigenvalue weighted by Crippen LogP contribution is 2.21. The van der Waals surface area contributed by atoms with Crippen molar-refractivity contribution in [3.8, 4) is 5.75 Å². The van der Waals surface area contributed by atoms with Crippen LogP contribution in [0.3, 0.4) is 0 Å². The summed E-state index contributed by atoms with van der Waals surface area (Å²) in [7, 11) is 1.62. The molecule has 3 amide bonds. The van der Waals surface area contributed by atoms with E-state index < -0.39 is 0 Å². The molecule has 1 N–H and O–H groups in total. The number of carbonyl (C=O) groups excluding carboxylic acids is 2. The standard InChI is InChI=1S/C12H14N2O3S/c1-17-9-2-4-10(5-3-9)18-7-6-14-11(15)8-13-12(14)16/h2-5H,6-8H2,1H3,(H,13,16). The third-order valence-electron chi connectivity index (χ3n) is 2.58. The molecule has 5 nitrogen and oxygen atoms in total. The molecular formula is C12H14N2O3S. The predicted molar refractivity (Wildman–Crippen MR) is 68.8 cm³/mol. The van der Waals surface area contributed by atoms with Gasteiger partial charge in [0.2, 0.25) is 5.91 Å². The summed E-state index contributed by atoms with van der Waals surface area (Å²) in [6.07, 6.45) is 0. The molecule has 0 aliphatic carbocycles. The number of nitrogens with zero attached hydrogens (tertiary/aromatic N) is 1. The summed E-state index contributed by atoms with van der Waals surface area (Å²) in [5.74, 6) is 1.34. The van der Waals surface area contributed by atoms with Gasteiger partial charge >= 0.3 is 6.03 Å². The number of hydrogen-bond acceptors (Lipinski definition) is 4. The molecule has 18 heavy (non-hydrogen) atoms. The fraction of sp³-hybridized carbons (Fsp3) is 0.333. The molecule has 0 spiro atoms. The minimum Gasteiger partial charge on any atom is -0.497 e. The first-order valence-corrected chi connectivity index (χ1v) is 6.54. The topological polar surface area (TPSA) is 58.6 Å². The molecular weight excluding hydrogens is 252 g/mol. The Kier molecular flexibility index (Phi) is 4.09. The number of urea groups is 1. The van der Waals surface area contributed by atoms with Crippen molar-refractivity contribution in [1.29, 1.82) is 0 Å². The van der Waals surface area contributed by atoms with E-state index in [-0.39, 0.29) is 18.5 Å². The van der Waals surface area contributed by atoms with Crippen molar-refractivity contribution in [1.82, 2.24) is 10.2 Å². The average molecular weight is 266 g/mol. The van der Waals surface area contributed by atoms with E-state index in [4.69, 9.17) is 4.74 Å². The van der Waals surface area contributed by atoms with Crippen molar-refractivity contribution in [3.05, 3.63) is 24.3 Å². The van der Waals surface area contributed by atoms with E-state index in [1.165, 1.54) is 4.90 Å². The molecule has 0 aromatic heterocycles. The van der Waals surface area contributed by atoms with Gasteiger partial charge in [0, 0.05) is 17.2 Å². The van der Waals surface area contributed by atoms with E-state index in [2.05, 4.69) is 5.32 Å². The van der Waals surface area contributed by atoms with Crippen LogP contribution in [0.2, 0.25) is 0 Å². The molecule has 0 radical (unpaired) electrons. The van der Waals surface area contributed by atoms with Crippen LogP contribution < -0.4 is 10.1 Å². The maximum Gasteiger partial charge on any atom is 0.324 e. The lowest BCUT2D eigenvalue weighted by atomic mass is 10.3. The number of imide groups is 1. The number of rotatable bonds is 5. The number of thioether (sulfide) groups is 1. The molecule has 1 aliphatic rings. The maximum absolute atomic E-state index is 11.3. The number of ether oxygens (including phenoxy) is 1. The second-order valence-corrected chi connectivity index (χ2v) is 4.90. The number of methoxy groups -OCH3 is 1. The van der Waals surface area contributed by atoms with Gasteiger partial charge in [-0.25, -0.2) is 4.79 Å². The van der Waals surface area contributed by atoms with Gasteiger partial charge in [0.1, 0.15) is 5.75 Å². The molecule has 6 heteroatoms. The van der Waals surface area contributed by atoms with Crippen molar-refractivity contribution in [3.63, 3.8) is 0 Å². The lowest BCUT2D eigenvalue weighted by molar-refractivity contribution is -0.124. The molecule has 1 fully saturated rings. The lowest BCUT2D eigenvalue weighted by Gasteiger charge is -2.11. The molecule has 0 saturated carbocycles. The average Bonchev–Trinajstić information content (AvgIpc) is 2.71. The Morgan fingerprint density at radius 1 is 1.33 bits per heavy atom. The van der Waals surface area contributed by atoms with Gasteiger partial charge in [-0.3, -0.25) is 9.69 Å². The highest BCUT2D eigenvalue weighted by molar-refractivity contribution is 7.99. The molecule has 0 bridgehead atoms. The van der Waals surface area contributed by atoms with Crippen LogP contribution in [0.1, 0.15) is 0 Å². The van der Waals surface area contributed by atoms with Crippen molar-refractivity contribution < 1.29 is 14.3 Å². The van der Waals surface area contributed by atoms with Crippen LogP contribution in [0.5, 0.6) is 5.75 Å². The summed E-state index contributed by atoms with van der Waals surface area (Å²) in [5, 5.41) is 2.49. The normalized spacial score (nSPS) is 14.8. The zero-order valence-corrected chi connectivity index (χ0v) is 10.8. The Labute approximate surface area is 109 Å². The third-order valence-corrected chi connectivity index (χ3v) is 3.57. The minimum absolute atomic E-state index is 0.117. The van der Waals surface area contributed by atoms with E-state index in [1.54, 1.807) is 18.9 Å². The first-order valence-electron chi connectivity index (χ1n) is 5.56. The summed E-state index contributed by atoms with van der Waals surface area (Å²) in [6.45, 7) is 0.549. The van der Waals surface area contributed by atoms with Crippen LogP contribution in [0.4, 0.5) is 4.79 Å². The van der Waals surface area contributed by atoms with Gasteiger partial charge in [-0.2, -0.15) is 0 Å². The summed E-state index contributed by atoms with van der Waals surface area (Å²) >= 11 is 1.60. The van der Waals surface area contributed by atoms with Crippen LogP contribution in [0, 0.1) is 0 Å². The van der Waals surface area contributed by atoms with Gasteiger partial charge in [0.25, 0.3) is 0 Å². The summed E-state index contributed by atoms with van der Waals surface area (Å²) < 4.78 is 5.07. The van der Waals surface area contributed by atoms with E-state index in [0.29, 0.717) is 12.3 Å². The predicted octanol–water partition coefficient (Wildman–Crippen LogP) is 1.34. The monoisotopic (exact) mass is 266 g/mol. The Morgan fingerprint density at radius 2 is 2.06 bits per heavy atom. The number of nitrogens with one attached hydrogen (secondary N) is 1. The molecule has 1 saturated heterocycles. The molecule has 2 rings (SSSR count). The molecule has 1 heterocycles. The molecule has 1 aromatic carbocycles. The van der Waals surface area contributed by atoms with Gasteiger partial charge in [-0.05, 0) is 24.3 Å². The fourth-order valence-electron chi connectivity index (χ4n) is 1.61.